The van der Waals surface area contributed by atoms with Gasteiger partial charge in [0.2, 0.25) is 11.0 Å². The molecule has 0 spiro atoms. The fourth-order valence-electron chi connectivity index (χ4n) is 1.19. The summed E-state index contributed by atoms with van der Waals surface area (Å²) in [7, 11) is 0. The van der Waals surface area contributed by atoms with Crippen LogP contribution in [0.3, 0.4) is 0 Å². The molecule has 4 nitrogen and oxygen atoms in total. The van der Waals surface area contributed by atoms with Crippen molar-refractivity contribution < 1.29 is 8.78 Å². The molecule has 102 valence electrons. The molecule has 2 aromatic heterocycles. The first-order chi connectivity index (χ1) is 9.02. The highest BCUT2D eigenvalue weighted by molar-refractivity contribution is 9.13. The number of thioether (sulfide) groups is 1. The predicted octanol–water partition coefficient (Wildman–Crippen LogP) is 4.41. The normalized spacial score (nSPS) is 11.9. The van der Waals surface area contributed by atoms with E-state index in [1.54, 1.807) is 6.26 Å². The Morgan fingerprint density at radius 2 is 2.21 bits per heavy atom. The van der Waals surface area contributed by atoms with Crippen LogP contribution >= 0.6 is 55.0 Å². The summed E-state index contributed by atoms with van der Waals surface area (Å²) in [5, 5.41) is 11.4. The van der Waals surface area contributed by atoms with E-state index in [4.69, 9.17) is 0 Å². The molecule has 0 saturated heterocycles. The van der Waals surface area contributed by atoms with Gasteiger partial charge in [0, 0.05) is 9.35 Å². The summed E-state index contributed by atoms with van der Waals surface area (Å²) < 4.78 is 28.4. The maximum Gasteiger partial charge on any atom is 0.299 e. The Morgan fingerprint density at radius 3 is 2.74 bits per heavy atom. The first-order valence-corrected chi connectivity index (χ1v) is 8.42. The van der Waals surface area contributed by atoms with Gasteiger partial charge < -0.3 is 0 Å². The van der Waals surface area contributed by atoms with E-state index in [0.29, 0.717) is 5.16 Å². The van der Waals surface area contributed by atoms with Crippen molar-refractivity contribution in [2.75, 3.05) is 6.26 Å². The van der Waals surface area contributed by atoms with E-state index in [2.05, 4.69) is 47.2 Å². The molecule has 0 bridgehead atoms. The first-order valence-electron chi connectivity index (χ1n) is 4.79. The standard InChI is InChI=1S/C9H6Br2F2N4S2/c1-18-9-16-15-8(7(12)13)17(9)14-3-4-2-5(10)6(11)19-4/h2-3,7H,1H3. The van der Waals surface area contributed by atoms with Gasteiger partial charge in [-0.3, -0.25) is 0 Å². The Bertz CT molecular complexity index is 592. The summed E-state index contributed by atoms with van der Waals surface area (Å²) in [4.78, 5) is 0.819. The highest BCUT2D eigenvalue weighted by atomic mass is 79.9. The molecule has 0 aliphatic carbocycles. The zero-order chi connectivity index (χ0) is 14.0. The molecule has 0 radical (unpaired) electrons. The second-order valence-electron chi connectivity index (χ2n) is 3.17. The van der Waals surface area contributed by atoms with Crippen LogP contribution in [0.5, 0.6) is 0 Å². The van der Waals surface area contributed by atoms with Crippen molar-refractivity contribution in [3.05, 3.63) is 25.0 Å². The van der Waals surface area contributed by atoms with Crippen molar-refractivity contribution in [3.63, 3.8) is 0 Å². The van der Waals surface area contributed by atoms with Crippen molar-refractivity contribution in [3.8, 4) is 0 Å². The largest absolute Gasteiger partial charge is 0.299 e. The predicted molar refractivity (Wildman–Crippen MR) is 79.5 cm³/mol. The Labute approximate surface area is 132 Å². The lowest BCUT2D eigenvalue weighted by Gasteiger charge is -2.00. The zero-order valence-corrected chi connectivity index (χ0v) is 14.2. The third-order valence-corrected chi connectivity index (χ3v) is 5.79. The zero-order valence-electron chi connectivity index (χ0n) is 9.35. The van der Waals surface area contributed by atoms with Crippen LogP contribution in [0.4, 0.5) is 8.78 Å². The summed E-state index contributed by atoms with van der Waals surface area (Å²) in [6.07, 6.45) is 0.506. The number of rotatable bonds is 4. The lowest BCUT2D eigenvalue weighted by atomic mass is 10.5. The smallest absolute Gasteiger partial charge is 0.201 e. The lowest BCUT2D eigenvalue weighted by Crippen LogP contribution is -2.00. The Kier molecular flexibility index (Phi) is 5.09. The van der Waals surface area contributed by atoms with E-state index in [1.165, 1.54) is 29.3 Å². The minimum absolute atomic E-state index is 0.321. The van der Waals surface area contributed by atoms with Gasteiger partial charge in [0.05, 0.1) is 10.0 Å². The Morgan fingerprint density at radius 1 is 1.47 bits per heavy atom. The average molecular weight is 432 g/mol. The molecule has 0 aliphatic heterocycles. The molecule has 2 rings (SSSR count). The molecule has 0 N–H and O–H groups in total. The van der Waals surface area contributed by atoms with Crippen molar-refractivity contribution in [2.45, 2.75) is 11.6 Å². The van der Waals surface area contributed by atoms with Crippen LogP contribution in [0, 0.1) is 0 Å². The number of hydrogen-bond acceptors (Lipinski definition) is 5. The van der Waals surface area contributed by atoms with E-state index >= 15 is 0 Å². The Hall–Kier alpha value is -0.320. The van der Waals surface area contributed by atoms with Crippen LogP contribution in [0.2, 0.25) is 0 Å². The van der Waals surface area contributed by atoms with Crippen LogP contribution in [0.25, 0.3) is 0 Å². The van der Waals surface area contributed by atoms with Gasteiger partial charge in [0.1, 0.15) is 0 Å². The second kappa shape index (κ2) is 6.42. The molecule has 0 atom stereocenters. The number of aromatic nitrogens is 3. The number of alkyl halides is 2. The monoisotopic (exact) mass is 430 g/mol. The fraction of sp³-hybridized carbons (Fsp3) is 0.222. The van der Waals surface area contributed by atoms with Crippen molar-refractivity contribution in [2.24, 2.45) is 5.10 Å². The number of thiophene rings is 1. The third-order valence-electron chi connectivity index (χ3n) is 1.98. The topological polar surface area (TPSA) is 43.1 Å². The maximum atomic E-state index is 12.8. The van der Waals surface area contributed by atoms with Gasteiger partial charge in [0.25, 0.3) is 6.43 Å². The van der Waals surface area contributed by atoms with E-state index in [0.717, 1.165) is 17.8 Å². The molecular weight excluding hydrogens is 426 g/mol. The van der Waals surface area contributed by atoms with Crippen LogP contribution in [0.1, 0.15) is 17.1 Å². The molecule has 0 unspecified atom stereocenters. The van der Waals surface area contributed by atoms with Gasteiger partial charge in [0.15, 0.2) is 0 Å². The molecular formula is C9H6Br2F2N4S2. The third kappa shape index (κ3) is 3.41. The molecule has 2 aromatic rings. The lowest BCUT2D eigenvalue weighted by molar-refractivity contribution is 0.135. The molecule has 2 heterocycles. The van der Waals surface area contributed by atoms with Crippen molar-refractivity contribution in [1.82, 2.24) is 14.9 Å². The highest BCUT2D eigenvalue weighted by Gasteiger charge is 2.19. The molecule has 0 fully saturated rings. The Balaban J connectivity index is 2.34. The molecule has 10 heteroatoms. The first kappa shape index (κ1) is 15.1. The summed E-state index contributed by atoms with van der Waals surface area (Å²) in [5.41, 5.74) is 0. The van der Waals surface area contributed by atoms with Crippen LogP contribution in [-0.2, 0) is 0 Å². The number of nitrogens with zero attached hydrogens (tertiary/aromatic N) is 4. The molecule has 0 aliphatic rings. The van der Waals surface area contributed by atoms with Gasteiger partial charge in [-0.15, -0.1) is 21.5 Å². The molecule has 0 aromatic carbocycles. The van der Waals surface area contributed by atoms with Crippen LogP contribution < -0.4 is 0 Å². The van der Waals surface area contributed by atoms with E-state index in [-0.39, 0.29) is 0 Å². The molecule has 0 amide bonds. The summed E-state index contributed by atoms with van der Waals surface area (Å²) in [5.74, 6) is -0.463. The van der Waals surface area contributed by atoms with Gasteiger partial charge >= 0.3 is 0 Å². The molecule has 0 saturated carbocycles. The van der Waals surface area contributed by atoms with Crippen molar-refractivity contribution >= 4 is 61.2 Å². The summed E-state index contributed by atoms with van der Waals surface area (Å²) in [6, 6.07) is 1.84. The van der Waals surface area contributed by atoms with Crippen LogP contribution in [0.15, 0.2) is 24.6 Å². The van der Waals surface area contributed by atoms with E-state index in [9.17, 15) is 8.78 Å². The van der Waals surface area contributed by atoms with E-state index < -0.39 is 12.2 Å². The van der Waals surface area contributed by atoms with Gasteiger partial charge in [-0.1, -0.05) is 11.8 Å². The SMILES string of the molecule is CSc1nnc(C(F)F)n1N=Cc1cc(Br)c(Br)s1. The quantitative estimate of drug-likeness (QED) is 0.532. The number of hydrogen-bond donors (Lipinski definition) is 0. The van der Waals surface area contributed by atoms with Crippen molar-refractivity contribution in [1.29, 1.82) is 0 Å². The minimum atomic E-state index is -2.72. The van der Waals surface area contributed by atoms with Gasteiger partial charge in [-0.25, -0.2) is 8.78 Å². The maximum absolute atomic E-state index is 12.8. The fourth-order valence-corrected chi connectivity index (χ4v) is 3.58. The second-order valence-corrected chi connectivity index (χ2v) is 7.20. The van der Waals surface area contributed by atoms with E-state index in [1.807, 2.05) is 6.07 Å². The van der Waals surface area contributed by atoms with Crippen LogP contribution in [-0.4, -0.2) is 27.3 Å². The highest BCUT2D eigenvalue weighted by Crippen LogP contribution is 2.31. The summed E-state index contributed by atoms with van der Waals surface area (Å²) in [6.45, 7) is 0. The average Bonchev–Trinajstić information content (AvgIpc) is 2.91. The summed E-state index contributed by atoms with van der Waals surface area (Å²) >= 11 is 9.34. The number of halogens is 4. The minimum Gasteiger partial charge on any atom is -0.201 e. The molecule has 19 heavy (non-hydrogen) atoms. The van der Waals surface area contributed by atoms with Gasteiger partial charge in [-0.2, -0.15) is 9.78 Å². The van der Waals surface area contributed by atoms with Gasteiger partial charge in [-0.05, 0) is 44.2 Å².